The summed E-state index contributed by atoms with van der Waals surface area (Å²) in [6.45, 7) is 6.80. The van der Waals surface area contributed by atoms with E-state index >= 15 is 0 Å². The molecular weight excluding hydrogens is 242 g/mol. The third-order valence-electron chi connectivity index (χ3n) is 2.64. The first kappa shape index (κ1) is 14.8. The lowest BCUT2D eigenvalue weighted by molar-refractivity contribution is 0.0955. The van der Waals surface area contributed by atoms with E-state index in [1.807, 2.05) is 6.07 Å². The van der Waals surface area contributed by atoms with Crippen LogP contribution in [0.2, 0.25) is 0 Å². The van der Waals surface area contributed by atoms with Crippen molar-refractivity contribution in [1.82, 2.24) is 14.9 Å². The molecule has 0 aliphatic rings. The van der Waals surface area contributed by atoms with E-state index in [1.54, 1.807) is 17.7 Å². The largest absolute Gasteiger partial charge is 0.368 e. The summed E-state index contributed by atoms with van der Waals surface area (Å²) in [5.74, 6) is 0.388. The van der Waals surface area contributed by atoms with Crippen molar-refractivity contribution >= 4 is 11.7 Å². The van der Waals surface area contributed by atoms with Gasteiger partial charge in [0, 0.05) is 20.1 Å². The zero-order valence-electron chi connectivity index (χ0n) is 11.4. The number of aromatic nitrogens is 2. The van der Waals surface area contributed by atoms with Crippen LogP contribution in [0.1, 0.15) is 36.1 Å². The van der Waals surface area contributed by atoms with Crippen molar-refractivity contribution in [3.8, 4) is 6.07 Å². The summed E-state index contributed by atoms with van der Waals surface area (Å²) in [5, 5.41) is 14.8. The van der Waals surface area contributed by atoms with Gasteiger partial charge in [0.1, 0.15) is 6.07 Å². The van der Waals surface area contributed by atoms with Crippen LogP contribution in [-0.2, 0) is 6.54 Å². The second-order valence-corrected chi connectivity index (χ2v) is 4.00. The number of carbonyl (C=O) groups excluding carboxylic acids is 1. The number of hydrogen-bond donors (Lipinski definition) is 2. The van der Waals surface area contributed by atoms with Crippen molar-refractivity contribution in [2.45, 2.75) is 26.3 Å². The van der Waals surface area contributed by atoms with Crippen molar-refractivity contribution in [3.05, 3.63) is 24.2 Å². The Morgan fingerprint density at radius 3 is 2.89 bits per heavy atom. The number of rotatable bonds is 7. The first-order chi connectivity index (χ1) is 9.19. The molecular formula is C13H19N5O. The first-order valence-electron chi connectivity index (χ1n) is 6.27. The molecule has 102 valence electrons. The third kappa shape index (κ3) is 3.35. The fraction of sp³-hybridized carbons (Fsp3) is 0.462. The molecule has 6 nitrogen and oxygen atoms in total. The lowest BCUT2D eigenvalue weighted by Crippen LogP contribution is -2.23. The predicted molar refractivity (Wildman–Crippen MR) is 73.9 cm³/mol. The standard InChI is InChI=1S/C13H19N5O/c1-4-6-7-16-12-11(13(19)15-3)18(8-5-2)10(9-14)17-12/h5,16H,2,4,6-8H2,1,3H3,(H,15,19). The lowest BCUT2D eigenvalue weighted by atomic mass is 10.3. The molecule has 0 fully saturated rings. The van der Waals surface area contributed by atoms with Gasteiger partial charge in [-0.15, -0.1) is 6.58 Å². The Labute approximate surface area is 113 Å². The van der Waals surface area contributed by atoms with Gasteiger partial charge in [-0.2, -0.15) is 5.26 Å². The highest BCUT2D eigenvalue weighted by atomic mass is 16.1. The Morgan fingerprint density at radius 1 is 1.63 bits per heavy atom. The van der Waals surface area contributed by atoms with Gasteiger partial charge in [-0.25, -0.2) is 4.98 Å². The van der Waals surface area contributed by atoms with Gasteiger partial charge in [0.2, 0.25) is 5.82 Å². The molecule has 1 heterocycles. The Kier molecular flexibility index (Phi) is 5.61. The highest BCUT2D eigenvalue weighted by Crippen LogP contribution is 2.17. The van der Waals surface area contributed by atoms with Crippen LogP contribution in [0.5, 0.6) is 0 Å². The smallest absolute Gasteiger partial charge is 0.271 e. The summed E-state index contributed by atoms with van der Waals surface area (Å²) in [7, 11) is 1.55. The normalized spacial score (nSPS) is 9.74. The van der Waals surface area contributed by atoms with Gasteiger partial charge < -0.3 is 15.2 Å². The minimum atomic E-state index is -0.269. The SMILES string of the molecule is C=CCn1c(C#N)nc(NCCCC)c1C(=O)NC. The van der Waals surface area contributed by atoms with Crippen LogP contribution in [-0.4, -0.2) is 29.1 Å². The van der Waals surface area contributed by atoms with Crippen molar-refractivity contribution in [1.29, 1.82) is 5.26 Å². The summed E-state index contributed by atoms with van der Waals surface area (Å²) in [6, 6.07) is 1.99. The van der Waals surface area contributed by atoms with Gasteiger partial charge in [0.25, 0.3) is 5.91 Å². The molecule has 0 radical (unpaired) electrons. The van der Waals surface area contributed by atoms with Gasteiger partial charge in [0.15, 0.2) is 11.5 Å². The van der Waals surface area contributed by atoms with Gasteiger partial charge in [-0.05, 0) is 6.42 Å². The Balaban J connectivity index is 3.17. The molecule has 19 heavy (non-hydrogen) atoms. The molecule has 1 aromatic heterocycles. The van der Waals surface area contributed by atoms with Crippen LogP contribution in [0.3, 0.4) is 0 Å². The van der Waals surface area contributed by atoms with Crippen LogP contribution >= 0.6 is 0 Å². The van der Waals surface area contributed by atoms with Crippen molar-refractivity contribution in [3.63, 3.8) is 0 Å². The molecule has 1 amide bonds. The number of nitrogens with zero attached hydrogens (tertiary/aromatic N) is 3. The number of nitriles is 1. The highest BCUT2D eigenvalue weighted by Gasteiger charge is 2.21. The molecule has 0 aromatic carbocycles. The minimum absolute atomic E-state index is 0.206. The summed E-state index contributed by atoms with van der Waals surface area (Å²) >= 11 is 0. The second-order valence-electron chi connectivity index (χ2n) is 4.00. The molecule has 0 aliphatic carbocycles. The average molecular weight is 261 g/mol. The summed E-state index contributed by atoms with van der Waals surface area (Å²) in [6.07, 6.45) is 3.65. The van der Waals surface area contributed by atoms with E-state index in [0.29, 0.717) is 18.1 Å². The van der Waals surface area contributed by atoms with E-state index in [4.69, 9.17) is 5.26 Å². The fourth-order valence-electron chi connectivity index (χ4n) is 1.70. The first-order valence-corrected chi connectivity index (χ1v) is 6.27. The summed E-state index contributed by atoms with van der Waals surface area (Å²) in [4.78, 5) is 16.1. The van der Waals surface area contributed by atoms with E-state index in [0.717, 1.165) is 19.4 Å². The predicted octanol–water partition coefficient (Wildman–Crippen LogP) is 1.51. The van der Waals surface area contributed by atoms with E-state index in [2.05, 4.69) is 29.1 Å². The highest BCUT2D eigenvalue weighted by molar-refractivity contribution is 5.97. The van der Waals surface area contributed by atoms with E-state index in [9.17, 15) is 4.79 Å². The number of anilines is 1. The monoisotopic (exact) mass is 261 g/mol. The van der Waals surface area contributed by atoms with Crippen molar-refractivity contribution in [2.24, 2.45) is 0 Å². The minimum Gasteiger partial charge on any atom is -0.368 e. The number of carbonyl (C=O) groups is 1. The number of nitrogens with one attached hydrogen (secondary N) is 2. The molecule has 1 rings (SSSR count). The molecule has 0 saturated heterocycles. The van der Waals surface area contributed by atoms with Crippen molar-refractivity contribution in [2.75, 3.05) is 18.9 Å². The van der Waals surface area contributed by atoms with Crippen molar-refractivity contribution < 1.29 is 4.79 Å². The van der Waals surface area contributed by atoms with Crippen LogP contribution in [0.4, 0.5) is 5.82 Å². The number of imidazole rings is 1. The third-order valence-corrected chi connectivity index (χ3v) is 2.64. The maximum absolute atomic E-state index is 11.9. The zero-order valence-corrected chi connectivity index (χ0v) is 11.4. The number of amides is 1. The Bertz CT molecular complexity index is 498. The maximum Gasteiger partial charge on any atom is 0.271 e. The molecule has 0 unspecified atom stereocenters. The molecule has 0 aliphatic heterocycles. The van der Waals surface area contributed by atoms with Gasteiger partial charge in [-0.3, -0.25) is 4.79 Å². The van der Waals surface area contributed by atoms with Gasteiger partial charge >= 0.3 is 0 Å². The van der Waals surface area contributed by atoms with Gasteiger partial charge in [0.05, 0.1) is 0 Å². The van der Waals surface area contributed by atoms with E-state index in [-0.39, 0.29) is 11.7 Å². The Hall–Kier alpha value is -2.29. The zero-order chi connectivity index (χ0) is 14.3. The topological polar surface area (TPSA) is 82.7 Å². The Morgan fingerprint density at radius 2 is 2.37 bits per heavy atom. The summed E-state index contributed by atoms with van der Waals surface area (Å²) in [5.41, 5.74) is 0.370. The van der Waals surface area contributed by atoms with Gasteiger partial charge in [-0.1, -0.05) is 19.4 Å². The molecule has 6 heteroatoms. The number of unbranched alkanes of at least 4 members (excludes halogenated alkanes) is 1. The van der Waals surface area contributed by atoms with Crippen LogP contribution in [0, 0.1) is 11.3 Å². The molecule has 0 atom stereocenters. The second kappa shape index (κ2) is 7.21. The maximum atomic E-state index is 11.9. The fourth-order valence-corrected chi connectivity index (χ4v) is 1.70. The number of hydrogen-bond acceptors (Lipinski definition) is 4. The lowest BCUT2D eigenvalue weighted by Gasteiger charge is -2.08. The van der Waals surface area contributed by atoms with Crippen LogP contribution < -0.4 is 10.6 Å². The molecule has 1 aromatic rings. The quantitative estimate of drug-likeness (QED) is 0.575. The summed E-state index contributed by atoms with van der Waals surface area (Å²) < 4.78 is 1.56. The number of allylic oxidation sites excluding steroid dienone is 1. The van der Waals surface area contributed by atoms with E-state index < -0.39 is 0 Å². The van der Waals surface area contributed by atoms with Crippen LogP contribution in [0.15, 0.2) is 12.7 Å². The molecule has 0 spiro atoms. The van der Waals surface area contributed by atoms with E-state index in [1.165, 1.54) is 0 Å². The molecule has 0 saturated carbocycles. The molecule has 0 bridgehead atoms. The average Bonchev–Trinajstić information content (AvgIpc) is 2.77. The molecule has 2 N–H and O–H groups in total. The van der Waals surface area contributed by atoms with Crippen LogP contribution in [0.25, 0.3) is 0 Å².